The summed E-state index contributed by atoms with van der Waals surface area (Å²) >= 11 is 0. The molecular formula is C12H20N4O2. The molecule has 2 aliphatic heterocycles. The maximum absolute atomic E-state index is 5.97. The lowest BCUT2D eigenvalue weighted by Gasteiger charge is -2.39. The average molecular weight is 252 g/mol. The highest BCUT2D eigenvalue weighted by Gasteiger charge is 2.43. The van der Waals surface area contributed by atoms with Crippen LogP contribution in [0.1, 0.15) is 31.1 Å². The van der Waals surface area contributed by atoms with Crippen molar-refractivity contribution in [1.82, 2.24) is 20.5 Å². The van der Waals surface area contributed by atoms with Crippen LogP contribution in [0.5, 0.6) is 0 Å². The van der Waals surface area contributed by atoms with Crippen LogP contribution in [0, 0.1) is 5.92 Å². The van der Waals surface area contributed by atoms with Crippen LogP contribution in [-0.2, 0) is 9.47 Å². The Balaban J connectivity index is 1.74. The highest BCUT2D eigenvalue weighted by molar-refractivity contribution is 5.00. The monoisotopic (exact) mass is 252 g/mol. The van der Waals surface area contributed by atoms with E-state index in [0.717, 1.165) is 44.9 Å². The molecule has 0 saturated carbocycles. The summed E-state index contributed by atoms with van der Waals surface area (Å²) in [6.45, 7) is 2.36. The number of nitrogens with zero attached hydrogens (tertiary/aromatic N) is 2. The van der Waals surface area contributed by atoms with Crippen molar-refractivity contribution >= 4 is 0 Å². The van der Waals surface area contributed by atoms with Gasteiger partial charge in [0.1, 0.15) is 12.2 Å². The molecule has 2 N–H and O–H groups in total. The quantitative estimate of drug-likeness (QED) is 0.826. The normalized spacial score (nSPS) is 33.9. The van der Waals surface area contributed by atoms with Gasteiger partial charge in [-0.25, -0.2) is 4.98 Å². The number of rotatable bonds is 3. The van der Waals surface area contributed by atoms with E-state index in [4.69, 9.17) is 9.47 Å². The zero-order chi connectivity index (χ0) is 12.4. The molecule has 0 aliphatic carbocycles. The Morgan fingerprint density at radius 2 is 2.50 bits per heavy atom. The van der Waals surface area contributed by atoms with Gasteiger partial charge in [0, 0.05) is 19.6 Å². The predicted molar refractivity (Wildman–Crippen MR) is 65.0 cm³/mol. The lowest BCUT2D eigenvalue weighted by Crippen LogP contribution is -2.43. The topological polar surface area (TPSA) is 72.1 Å². The van der Waals surface area contributed by atoms with Crippen LogP contribution in [0.2, 0.25) is 0 Å². The first-order valence-electron chi connectivity index (χ1n) is 6.57. The first kappa shape index (κ1) is 12.1. The second-order valence-electron chi connectivity index (χ2n) is 5.22. The lowest BCUT2D eigenvalue weighted by atomic mass is 9.81. The van der Waals surface area contributed by atoms with Crippen molar-refractivity contribution < 1.29 is 9.47 Å². The third-order valence-electron chi connectivity index (χ3n) is 4.11. The Hall–Kier alpha value is -0.980. The number of aromatic amines is 1. The number of aromatic nitrogens is 3. The van der Waals surface area contributed by atoms with Crippen LogP contribution in [0.25, 0.3) is 0 Å². The molecule has 6 nitrogen and oxygen atoms in total. The summed E-state index contributed by atoms with van der Waals surface area (Å²) in [7, 11) is 1.97. The summed E-state index contributed by atoms with van der Waals surface area (Å²) in [5.41, 5.74) is -0.0575. The van der Waals surface area contributed by atoms with E-state index in [9.17, 15) is 0 Å². The fourth-order valence-electron chi connectivity index (χ4n) is 3.17. The van der Waals surface area contributed by atoms with Crippen molar-refractivity contribution in [2.75, 3.05) is 26.9 Å². The smallest absolute Gasteiger partial charge is 0.141 e. The van der Waals surface area contributed by atoms with Crippen LogP contribution < -0.4 is 5.32 Å². The fourth-order valence-corrected chi connectivity index (χ4v) is 3.17. The molecule has 0 bridgehead atoms. The summed E-state index contributed by atoms with van der Waals surface area (Å²) in [4.78, 5) is 4.28. The van der Waals surface area contributed by atoms with E-state index in [2.05, 4.69) is 20.5 Å². The summed E-state index contributed by atoms with van der Waals surface area (Å²) < 4.78 is 11.5. The summed E-state index contributed by atoms with van der Waals surface area (Å²) in [6.07, 6.45) is 4.65. The molecule has 6 heteroatoms. The van der Waals surface area contributed by atoms with E-state index in [-0.39, 0.29) is 11.6 Å². The SMILES string of the molecule is CNC(c1ncn[nH]1)C1CCOC2(CCOC2)C1. The van der Waals surface area contributed by atoms with Gasteiger partial charge in [-0.05, 0) is 25.8 Å². The number of hydrogen-bond acceptors (Lipinski definition) is 5. The van der Waals surface area contributed by atoms with E-state index in [1.807, 2.05) is 7.05 Å². The molecular weight excluding hydrogens is 232 g/mol. The Morgan fingerprint density at radius 1 is 1.56 bits per heavy atom. The van der Waals surface area contributed by atoms with Crippen LogP contribution in [0.4, 0.5) is 0 Å². The predicted octanol–water partition coefficient (Wildman–Crippen LogP) is 0.651. The molecule has 1 spiro atoms. The Kier molecular flexibility index (Phi) is 3.32. The standard InChI is InChI=1S/C12H20N4O2/c1-13-10(11-14-8-15-16-11)9-2-4-18-12(6-9)3-5-17-7-12/h8-10,13H,2-7H2,1H3,(H,14,15,16). The van der Waals surface area contributed by atoms with Gasteiger partial charge in [-0.3, -0.25) is 5.10 Å². The van der Waals surface area contributed by atoms with Crippen LogP contribution >= 0.6 is 0 Å². The van der Waals surface area contributed by atoms with Crippen molar-refractivity contribution in [2.24, 2.45) is 5.92 Å². The molecule has 3 unspecified atom stereocenters. The molecule has 18 heavy (non-hydrogen) atoms. The first-order chi connectivity index (χ1) is 8.83. The van der Waals surface area contributed by atoms with E-state index < -0.39 is 0 Å². The van der Waals surface area contributed by atoms with Gasteiger partial charge in [-0.1, -0.05) is 0 Å². The largest absolute Gasteiger partial charge is 0.378 e. The van der Waals surface area contributed by atoms with Gasteiger partial charge in [0.05, 0.1) is 18.2 Å². The molecule has 2 fully saturated rings. The molecule has 3 rings (SSSR count). The van der Waals surface area contributed by atoms with E-state index >= 15 is 0 Å². The molecule has 1 aromatic rings. The highest BCUT2D eigenvalue weighted by atomic mass is 16.6. The zero-order valence-electron chi connectivity index (χ0n) is 10.7. The van der Waals surface area contributed by atoms with Crippen LogP contribution in [0.15, 0.2) is 6.33 Å². The van der Waals surface area contributed by atoms with E-state index in [1.54, 1.807) is 6.33 Å². The number of hydrogen-bond donors (Lipinski definition) is 2. The molecule has 0 aromatic carbocycles. The van der Waals surface area contributed by atoms with E-state index in [0.29, 0.717) is 5.92 Å². The molecule has 1 aromatic heterocycles. The third-order valence-corrected chi connectivity index (χ3v) is 4.11. The highest BCUT2D eigenvalue weighted by Crippen LogP contribution is 2.40. The number of ether oxygens (including phenoxy) is 2. The molecule has 100 valence electrons. The average Bonchev–Trinajstić information content (AvgIpc) is 3.03. The lowest BCUT2D eigenvalue weighted by molar-refractivity contribution is -0.103. The summed E-state index contributed by atoms with van der Waals surface area (Å²) in [6, 6.07) is 0.217. The Morgan fingerprint density at radius 3 is 3.17 bits per heavy atom. The molecule has 0 radical (unpaired) electrons. The number of nitrogens with one attached hydrogen (secondary N) is 2. The van der Waals surface area contributed by atoms with Crippen molar-refractivity contribution in [1.29, 1.82) is 0 Å². The summed E-state index contributed by atoms with van der Waals surface area (Å²) in [5.74, 6) is 1.43. The molecule has 3 atom stereocenters. The van der Waals surface area contributed by atoms with E-state index in [1.165, 1.54) is 0 Å². The molecule has 3 heterocycles. The first-order valence-corrected chi connectivity index (χ1v) is 6.57. The minimum Gasteiger partial charge on any atom is -0.378 e. The molecule has 2 aliphatic rings. The van der Waals surface area contributed by atoms with Gasteiger partial charge in [-0.15, -0.1) is 0 Å². The van der Waals surface area contributed by atoms with Gasteiger partial charge in [0.25, 0.3) is 0 Å². The third kappa shape index (κ3) is 2.15. The van der Waals surface area contributed by atoms with Crippen molar-refractivity contribution in [3.63, 3.8) is 0 Å². The maximum atomic E-state index is 5.97. The van der Waals surface area contributed by atoms with Gasteiger partial charge in [-0.2, -0.15) is 5.10 Å². The second kappa shape index (κ2) is 4.95. The van der Waals surface area contributed by atoms with Crippen molar-refractivity contribution in [3.8, 4) is 0 Å². The Bertz CT molecular complexity index is 375. The minimum absolute atomic E-state index is 0.0575. The van der Waals surface area contributed by atoms with Crippen molar-refractivity contribution in [3.05, 3.63) is 12.2 Å². The summed E-state index contributed by atoms with van der Waals surface area (Å²) in [5, 5.41) is 10.3. The van der Waals surface area contributed by atoms with Gasteiger partial charge >= 0.3 is 0 Å². The minimum atomic E-state index is -0.0575. The van der Waals surface area contributed by atoms with Gasteiger partial charge < -0.3 is 14.8 Å². The molecule has 2 saturated heterocycles. The van der Waals surface area contributed by atoms with Crippen LogP contribution in [0.3, 0.4) is 0 Å². The number of H-pyrrole nitrogens is 1. The zero-order valence-corrected chi connectivity index (χ0v) is 10.7. The second-order valence-corrected chi connectivity index (χ2v) is 5.22. The maximum Gasteiger partial charge on any atom is 0.141 e. The van der Waals surface area contributed by atoms with Crippen LogP contribution in [-0.4, -0.2) is 47.7 Å². The van der Waals surface area contributed by atoms with Gasteiger partial charge in [0.15, 0.2) is 0 Å². The fraction of sp³-hybridized carbons (Fsp3) is 0.833. The Labute approximate surface area is 106 Å². The van der Waals surface area contributed by atoms with Crippen molar-refractivity contribution in [2.45, 2.75) is 30.9 Å². The molecule has 0 amide bonds. The van der Waals surface area contributed by atoms with Gasteiger partial charge in [0.2, 0.25) is 0 Å².